The minimum atomic E-state index is -1.06. The van der Waals surface area contributed by atoms with E-state index in [2.05, 4.69) is 5.32 Å². The van der Waals surface area contributed by atoms with Gasteiger partial charge in [-0.1, -0.05) is 91.0 Å². The van der Waals surface area contributed by atoms with Gasteiger partial charge in [-0.05, 0) is 30.5 Å². The highest BCUT2D eigenvalue weighted by Crippen LogP contribution is 2.43. The third-order valence-corrected chi connectivity index (χ3v) is 7.70. The molecule has 0 spiro atoms. The minimum Gasteiger partial charge on any atom is -0.447 e. The molecule has 0 unspecified atom stereocenters. The SMILES string of the molecule is CC1(C)O[C@@H]2[C@H](O1)[C@@H](OCc1ccccc1)O[C@@H]2[C@H](OCc1ccccc1)[C@@]1(COCc2ccccc2)COC(=O)N1. The van der Waals surface area contributed by atoms with E-state index in [-0.39, 0.29) is 19.8 Å². The molecule has 3 heterocycles. The fraction of sp³-hybridized carbons (Fsp3) is 0.424. The zero-order chi connectivity index (χ0) is 29.0. The van der Waals surface area contributed by atoms with E-state index in [4.69, 9.17) is 33.2 Å². The van der Waals surface area contributed by atoms with E-state index in [0.29, 0.717) is 13.2 Å². The third-order valence-electron chi connectivity index (χ3n) is 7.70. The summed E-state index contributed by atoms with van der Waals surface area (Å²) < 4.78 is 43.9. The zero-order valence-electron chi connectivity index (χ0n) is 23.8. The highest BCUT2D eigenvalue weighted by molar-refractivity contribution is 5.71. The number of nitrogens with one attached hydrogen (secondary N) is 1. The molecule has 0 saturated carbocycles. The lowest BCUT2D eigenvalue weighted by Crippen LogP contribution is -2.63. The Balaban J connectivity index is 1.28. The molecular formula is C33H37NO8. The molecule has 3 aliphatic rings. The molecule has 0 radical (unpaired) electrons. The first-order valence-electron chi connectivity index (χ1n) is 14.3. The number of benzene rings is 3. The lowest BCUT2D eigenvalue weighted by molar-refractivity contribution is -0.255. The maximum Gasteiger partial charge on any atom is 0.407 e. The minimum absolute atomic E-state index is 0.0388. The van der Waals surface area contributed by atoms with Gasteiger partial charge >= 0.3 is 6.09 Å². The molecule has 222 valence electrons. The number of hydrogen-bond acceptors (Lipinski definition) is 8. The van der Waals surface area contributed by atoms with Gasteiger partial charge in [0.05, 0.1) is 26.4 Å². The van der Waals surface area contributed by atoms with Gasteiger partial charge in [-0.25, -0.2) is 4.79 Å². The van der Waals surface area contributed by atoms with Crippen LogP contribution in [0.4, 0.5) is 4.79 Å². The van der Waals surface area contributed by atoms with Gasteiger partial charge < -0.3 is 38.5 Å². The van der Waals surface area contributed by atoms with Crippen molar-refractivity contribution in [3.05, 3.63) is 108 Å². The van der Waals surface area contributed by atoms with Crippen LogP contribution in [0.25, 0.3) is 0 Å². The molecule has 3 aliphatic heterocycles. The van der Waals surface area contributed by atoms with Crippen molar-refractivity contribution in [3.63, 3.8) is 0 Å². The van der Waals surface area contributed by atoms with Crippen LogP contribution in [0.2, 0.25) is 0 Å². The lowest BCUT2D eigenvalue weighted by Gasteiger charge is -2.39. The number of carbonyl (C=O) groups is 1. The van der Waals surface area contributed by atoms with E-state index in [1.165, 1.54) is 0 Å². The van der Waals surface area contributed by atoms with Crippen molar-refractivity contribution in [2.45, 2.75) is 75.7 Å². The standard InChI is InChI=1S/C33H37NO8/c1-32(2)41-26-27(40-30(28(26)42-32)38-20-25-16-10-5-11-17-25)29(37-19-24-14-8-4-9-15-24)33(22-39-31(35)34-33)21-36-18-23-12-6-3-7-13-23/h3-17,26-30H,18-22H2,1-2H3,(H,34,35)/t26-,27-,28-,29-,30-,33+/m0/s1. The van der Waals surface area contributed by atoms with Gasteiger partial charge in [0.15, 0.2) is 12.1 Å². The van der Waals surface area contributed by atoms with Crippen LogP contribution in [0.15, 0.2) is 91.0 Å². The molecule has 6 atom stereocenters. The summed E-state index contributed by atoms with van der Waals surface area (Å²) in [6.07, 6.45) is -3.67. The summed E-state index contributed by atoms with van der Waals surface area (Å²) in [6, 6.07) is 29.6. The van der Waals surface area contributed by atoms with E-state index in [1.54, 1.807) is 0 Å². The Morgan fingerprint density at radius 2 is 1.38 bits per heavy atom. The van der Waals surface area contributed by atoms with E-state index in [9.17, 15) is 4.79 Å². The second-order valence-corrected chi connectivity index (χ2v) is 11.4. The summed E-state index contributed by atoms with van der Waals surface area (Å²) in [4.78, 5) is 12.6. The number of cyclic esters (lactones) is 1. The number of hydrogen-bond donors (Lipinski definition) is 1. The van der Waals surface area contributed by atoms with Gasteiger partial charge in [0.25, 0.3) is 0 Å². The molecule has 9 nitrogen and oxygen atoms in total. The van der Waals surface area contributed by atoms with Crippen LogP contribution in [0.3, 0.4) is 0 Å². The van der Waals surface area contributed by atoms with Gasteiger partial charge in [0.2, 0.25) is 0 Å². The molecule has 0 aromatic heterocycles. The molecule has 6 rings (SSSR count). The largest absolute Gasteiger partial charge is 0.447 e. The normalized spacial score (nSPS) is 28.7. The maximum absolute atomic E-state index is 12.6. The zero-order valence-corrected chi connectivity index (χ0v) is 23.8. The molecule has 3 aromatic carbocycles. The maximum atomic E-state index is 12.6. The first kappa shape index (κ1) is 28.8. The van der Waals surface area contributed by atoms with Crippen molar-refractivity contribution >= 4 is 6.09 Å². The fourth-order valence-corrected chi connectivity index (χ4v) is 5.76. The van der Waals surface area contributed by atoms with Gasteiger partial charge in [-0.3, -0.25) is 0 Å². The average molecular weight is 576 g/mol. The number of alkyl carbamates (subject to hydrolysis) is 1. The summed E-state index contributed by atoms with van der Waals surface area (Å²) in [6.45, 7) is 4.88. The molecule has 0 aliphatic carbocycles. The average Bonchev–Trinajstić information content (AvgIpc) is 3.64. The van der Waals surface area contributed by atoms with Crippen LogP contribution < -0.4 is 5.32 Å². The molecule has 3 fully saturated rings. The van der Waals surface area contributed by atoms with Crippen molar-refractivity contribution in [2.24, 2.45) is 0 Å². The number of fused-ring (bicyclic) bond motifs is 1. The molecule has 1 N–H and O–H groups in total. The van der Waals surface area contributed by atoms with Crippen molar-refractivity contribution < 1.29 is 38.0 Å². The van der Waals surface area contributed by atoms with Crippen molar-refractivity contribution in [2.75, 3.05) is 13.2 Å². The highest BCUT2D eigenvalue weighted by Gasteiger charge is 2.63. The van der Waals surface area contributed by atoms with Crippen LogP contribution in [0.1, 0.15) is 30.5 Å². The Morgan fingerprint density at radius 1 is 0.810 bits per heavy atom. The predicted molar refractivity (Wildman–Crippen MR) is 152 cm³/mol. The summed E-state index contributed by atoms with van der Waals surface area (Å²) in [5.41, 5.74) is 1.95. The topological polar surface area (TPSA) is 93.7 Å². The summed E-state index contributed by atoms with van der Waals surface area (Å²) >= 11 is 0. The molecule has 1 amide bonds. The summed E-state index contributed by atoms with van der Waals surface area (Å²) in [7, 11) is 0. The Morgan fingerprint density at radius 3 is 1.98 bits per heavy atom. The van der Waals surface area contributed by atoms with Gasteiger partial charge in [-0.15, -0.1) is 0 Å². The predicted octanol–water partition coefficient (Wildman–Crippen LogP) is 4.73. The molecular weight excluding hydrogens is 538 g/mol. The first-order chi connectivity index (χ1) is 20.4. The first-order valence-corrected chi connectivity index (χ1v) is 14.3. The van der Waals surface area contributed by atoms with Gasteiger partial charge in [0.1, 0.15) is 36.6 Å². The van der Waals surface area contributed by atoms with Crippen molar-refractivity contribution in [1.82, 2.24) is 5.32 Å². The molecule has 3 saturated heterocycles. The fourth-order valence-electron chi connectivity index (χ4n) is 5.76. The quantitative estimate of drug-likeness (QED) is 0.332. The highest BCUT2D eigenvalue weighted by atomic mass is 16.8. The Kier molecular flexibility index (Phi) is 8.57. The number of amides is 1. The van der Waals surface area contributed by atoms with Crippen LogP contribution in [0.5, 0.6) is 0 Å². The van der Waals surface area contributed by atoms with E-state index >= 15 is 0 Å². The van der Waals surface area contributed by atoms with Gasteiger partial charge in [0, 0.05) is 0 Å². The monoisotopic (exact) mass is 575 g/mol. The summed E-state index contributed by atoms with van der Waals surface area (Å²) in [5, 5.41) is 3.01. The molecule has 9 heteroatoms. The smallest absolute Gasteiger partial charge is 0.407 e. The van der Waals surface area contributed by atoms with Crippen LogP contribution >= 0.6 is 0 Å². The van der Waals surface area contributed by atoms with E-state index < -0.39 is 48.1 Å². The number of ether oxygens (including phenoxy) is 7. The second-order valence-electron chi connectivity index (χ2n) is 11.4. The van der Waals surface area contributed by atoms with Crippen LogP contribution in [-0.4, -0.2) is 61.3 Å². The number of carbonyl (C=O) groups excluding carboxylic acids is 1. The van der Waals surface area contributed by atoms with E-state index in [1.807, 2.05) is 105 Å². The van der Waals surface area contributed by atoms with E-state index in [0.717, 1.165) is 16.7 Å². The third kappa shape index (κ3) is 6.52. The molecule has 42 heavy (non-hydrogen) atoms. The molecule has 0 bridgehead atoms. The Labute approximate surface area is 246 Å². The van der Waals surface area contributed by atoms with Crippen molar-refractivity contribution in [1.29, 1.82) is 0 Å². The Bertz CT molecular complexity index is 1310. The van der Waals surface area contributed by atoms with Crippen molar-refractivity contribution in [3.8, 4) is 0 Å². The molecule has 3 aromatic rings. The Hall–Kier alpha value is -3.31. The number of rotatable bonds is 12. The lowest BCUT2D eigenvalue weighted by atomic mass is 9.87. The van der Waals surface area contributed by atoms with Crippen LogP contribution in [0, 0.1) is 0 Å². The summed E-state index contributed by atoms with van der Waals surface area (Å²) in [5.74, 6) is -0.859. The second kappa shape index (κ2) is 12.5. The van der Waals surface area contributed by atoms with Gasteiger partial charge in [-0.2, -0.15) is 0 Å². The van der Waals surface area contributed by atoms with Crippen LogP contribution in [-0.2, 0) is 53.0 Å².